The van der Waals surface area contributed by atoms with Crippen molar-refractivity contribution in [1.29, 1.82) is 0 Å². The van der Waals surface area contributed by atoms with Crippen molar-refractivity contribution >= 4 is 22.2 Å². The van der Waals surface area contributed by atoms with Crippen LogP contribution >= 0.6 is 15.9 Å². The second kappa shape index (κ2) is 5.71. The quantitative estimate of drug-likeness (QED) is 0.867. The van der Waals surface area contributed by atoms with Crippen LogP contribution in [0.15, 0.2) is 10.5 Å². The van der Waals surface area contributed by atoms with Crippen molar-refractivity contribution in [3.63, 3.8) is 0 Å². The molecule has 5 heteroatoms. The van der Waals surface area contributed by atoms with Gasteiger partial charge in [-0.25, -0.2) is 0 Å². The lowest BCUT2D eigenvalue weighted by Gasteiger charge is -2.19. The van der Waals surface area contributed by atoms with Crippen LogP contribution in [0.5, 0.6) is 11.5 Å². The molecule has 98 valence electrons. The Kier molecular flexibility index (Phi) is 4.24. The van der Waals surface area contributed by atoms with Crippen LogP contribution in [-0.2, 0) is 0 Å². The summed E-state index contributed by atoms with van der Waals surface area (Å²) in [6.45, 7) is 1.93. The molecule has 0 amide bonds. The molecule has 1 heterocycles. The molecule has 0 aliphatic carbocycles. The number of aldehydes is 1. The SMILES string of the molecule is COc1c(C2CCNC2)cc(Br)c(C=O)c1OC. The second-order valence-corrected chi connectivity index (χ2v) is 5.09. The Hall–Kier alpha value is -1.07. The summed E-state index contributed by atoms with van der Waals surface area (Å²) >= 11 is 3.42. The molecule has 1 saturated heterocycles. The van der Waals surface area contributed by atoms with Crippen molar-refractivity contribution in [2.45, 2.75) is 12.3 Å². The number of ether oxygens (including phenoxy) is 2. The van der Waals surface area contributed by atoms with Gasteiger partial charge in [-0.3, -0.25) is 4.79 Å². The number of rotatable bonds is 4. The minimum atomic E-state index is 0.394. The van der Waals surface area contributed by atoms with Gasteiger partial charge < -0.3 is 14.8 Å². The summed E-state index contributed by atoms with van der Waals surface area (Å²) in [5.74, 6) is 1.56. The van der Waals surface area contributed by atoms with E-state index in [4.69, 9.17) is 9.47 Å². The van der Waals surface area contributed by atoms with Crippen LogP contribution in [0.4, 0.5) is 0 Å². The van der Waals surface area contributed by atoms with Gasteiger partial charge in [0, 0.05) is 22.5 Å². The molecule has 1 aliphatic heterocycles. The standard InChI is InChI=1S/C13H16BrNO3/c1-17-12-9(8-3-4-15-6-8)5-11(14)10(7-16)13(12)18-2/h5,7-8,15H,3-4,6H2,1-2H3. The number of carbonyl (C=O) groups excluding carboxylic acids is 1. The molecule has 0 spiro atoms. The topological polar surface area (TPSA) is 47.6 Å². The van der Waals surface area contributed by atoms with Crippen molar-refractivity contribution < 1.29 is 14.3 Å². The van der Waals surface area contributed by atoms with E-state index < -0.39 is 0 Å². The normalized spacial score (nSPS) is 18.7. The molecule has 1 aliphatic rings. The molecule has 0 saturated carbocycles. The molecule has 0 bridgehead atoms. The van der Waals surface area contributed by atoms with Crippen LogP contribution < -0.4 is 14.8 Å². The number of carbonyl (C=O) groups is 1. The Morgan fingerprint density at radius 2 is 2.11 bits per heavy atom. The van der Waals surface area contributed by atoms with Gasteiger partial charge in [0.1, 0.15) is 0 Å². The lowest BCUT2D eigenvalue weighted by molar-refractivity contribution is 0.111. The first-order chi connectivity index (χ1) is 8.72. The number of nitrogens with one attached hydrogen (secondary N) is 1. The highest BCUT2D eigenvalue weighted by Gasteiger charge is 2.25. The third-order valence-corrected chi connectivity index (χ3v) is 3.93. The van der Waals surface area contributed by atoms with E-state index in [1.165, 1.54) is 0 Å². The maximum absolute atomic E-state index is 11.1. The van der Waals surface area contributed by atoms with Gasteiger partial charge in [0.2, 0.25) is 0 Å². The molecule has 4 nitrogen and oxygen atoms in total. The van der Waals surface area contributed by atoms with E-state index in [0.717, 1.165) is 35.8 Å². The average Bonchev–Trinajstić information content (AvgIpc) is 2.90. The summed E-state index contributed by atoms with van der Waals surface area (Å²) in [5, 5.41) is 3.33. The summed E-state index contributed by atoms with van der Waals surface area (Å²) < 4.78 is 11.5. The molecule has 0 aromatic heterocycles. The van der Waals surface area contributed by atoms with E-state index >= 15 is 0 Å². The zero-order valence-electron chi connectivity index (χ0n) is 10.5. The lowest BCUT2D eigenvalue weighted by Crippen LogP contribution is -2.10. The molecule has 18 heavy (non-hydrogen) atoms. The van der Waals surface area contributed by atoms with E-state index in [9.17, 15) is 4.79 Å². The van der Waals surface area contributed by atoms with Crippen LogP contribution in [0.25, 0.3) is 0 Å². The van der Waals surface area contributed by atoms with Gasteiger partial charge in [-0.15, -0.1) is 0 Å². The Morgan fingerprint density at radius 3 is 2.61 bits per heavy atom. The Balaban J connectivity index is 2.58. The van der Waals surface area contributed by atoms with Crippen LogP contribution in [0.3, 0.4) is 0 Å². The molecule has 2 rings (SSSR count). The van der Waals surface area contributed by atoms with E-state index in [2.05, 4.69) is 21.2 Å². The Bertz CT molecular complexity index is 456. The zero-order chi connectivity index (χ0) is 13.1. The van der Waals surface area contributed by atoms with Crippen LogP contribution in [0.1, 0.15) is 28.3 Å². The summed E-state index contributed by atoms with van der Waals surface area (Å²) in [4.78, 5) is 11.1. The van der Waals surface area contributed by atoms with E-state index in [1.54, 1.807) is 14.2 Å². The van der Waals surface area contributed by atoms with Gasteiger partial charge >= 0.3 is 0 Å². The smallest absolute Gasteiger partial charge is 0.172 e. The van der Waals surface area contributed by atoms with E-state index in [0.29, 0.717) is 23.0 Å². The summed E-state index contributed by atoms with van der Waals surface area (Å²) in [5.41, 5.74) is 1.57. The third-order valence-electron chi connectivity index (χ3n) is 3.28. The van der Waals surface area contributed by atoms with Gasteiger partial charge in [-0.1, -0.05) is 0 Å². The van der Waals surface area contributed by atoms with E-state index in [1.807, 2.05) is 6.07 Å². The predicted octanol–water partition coefficient (Wildman–Crippen LogP) is 2.36. The second-order valence-electron chi connectivity index (χ2n) is 4.24. The third kappa shape index (κ3) is 2.24. The summed E-state index contributed by atoms with van der Waals surface area (Å²) in [6, 6.07) is 1.96. The highest BCUT2D eigenvalue weighted by Crippen LogP contribution is 2.43. The molecule has 0 radical (unpaired) electrons. The minimum absolute atomic E-state index is 0.394. The largest absolute Gasteiger partial charge is 0.493 e. The predicted molar refractivity (Wildman–Crippen MR) is 72.9 cm³/mol. The number of hydrogen-bond acceptors (Lipinski definition) is 4. The highest BCUT2D eigenvalue weighted by molar-refractivity contribution is 9.10. The van der Waals surface area contributed by atoms with Crippen molar-refractivity contribution in [3.8, 4) is 11.5 Å². The Morgan fingerprint density at radius 1 is 1.39 bits per heavy atom. The molecule has 1 atom stereocenters. The van der Waals surface area contributed by atoms with Gasteiger partial charge in [-0.2, -0.15) is 0 Å². The first kappa shape index (κ1) is 13.4. The monoisotopic (exact) mass is 313 g/mol. The molecular weight excluding hydrogens is 298 g/mol. The number of benzene rings is 1. The van der Waals surface area contributed by atoms with Crippen molar-refractivity contribution in [3.05, 3.63) is 21.7 Å². The van der Waals surface area contributed by atoms with E-state index in [-0.39, 0.29) is 0 Å². The molecule has 1 aromatic carbocycles. The first-order valence-electron chi connectivity index (χ1n) is 5.83. The van der Waals surface area contributed by atoms with Crippen LogP contribution in [-0.4, -0.2) is 33.6 Å². The fraction of sp³-hybridized carbons (Fsp3) is 0.462. The number of methoxy groups -OCH3 is 2. The maximum atomic E-state index is 11.1. The summed E-state index contributed by atoms with van der Waals surface area (Å²) in [7, 11) is 3.15. The zero-order valence-corrected chi connectivity index (χ0v) is 12.0. The molecule has 1 unspecified atom stereocenters. The molecule has 1 aromatic rings. The van der Waals surface area contributed by atoms with Crippen molar-refractivity contribution in [1.82, 2.24) is 5.32 Å². The number of halogens is 1. The average molecular weight is 314 g/mol. The highest BCUT2D eigenvalue weighted by atomic mass is 79.9. The van der Waals surface area contributed by atoms with Crippen molar-refractivity contribution in [2.24, 2.45) is 0 Å². The fourth-order valence-electron chi connectivity index (χ4n) is 2.39. The Labute approximate surface area is 115 Å². The minimum Gasteiger partial charge on any atom is -0.493 e. The van der Waals surface area contributed by atoms with Gasteiger partial charge in [0.15, 0.2) is 17.8 Å². The molecular formula is C13H16BrNO3. The van der Waals surface area contributed by atoms with Crippen LogP contribution in [0, 0.1) is 0 Å². The fourth-order valence-corrected chi connectivity index (χ4v) is 2.91. The maximum Gasteiger partial charge on any atom is 0.172 e. The van der Waals surface area contributed by atoms with Crippen molar-refractivity contribution in [2.75, 3.05) is 27.3 Å². The lowest BCUT2D eigenvalue weighted by atomic mass is 9.95. The molecule has 1 N–H and O–H groups in total. The number of hydrogen-bond donors (Lipinski definition) is 1. The van der Waals surface area contributed by atoms with Gasteiger partial charge in [-0.05, 0) is 35.0 Å². The molecule has 1 fully saturated rings. The first-order valence-corrected chi connectivity index (χ1v) is 6.62. The summed E-state index contributed by atoms with van der Waals surface area (Å²) in [6.07, 6.45) is 1.84. The van der Waals surface area contributed by atoms with Gasteiger partial charge in [0.05, 0.1) is 19.8 Å². The van der Waals surface area contributed by atoms with Gasteiger partial charge in [0.25, 0.3) is 0 Å². The van der Waals surface area contributed by atoms with Crippen LogP contribution in [0.2, 0.25) is 0 Å².